The number of hydrogen-bond donors (Lipinski definition) is 1. The van der Waals surface area contributed by atoms with Crippen molar-refractivity contribution in [2.75, 3.05) is 0 Å². The number of halogens is 1. The molecule has 0 radical (unpaired) electrons. The summed E-state index contributed by atoms with van der Waals surface area (Å²) < 4.78 is 31.3. The number of fused-ring (bicyclic) bond motifs is 1. The molecule has 0 unspecified atom stereocenters. The fourth-order valence-electron chi connectivity index (χ4n) is 4.51. The van der Waals surface area contributed by atoms with E-state index in [1.165, 1.54) is 12.1 Å². The van der Waals surface area contributed by atoms with E-state index in [9.17, 15) is 13.2 Å². The van der Waals surface area contributed by atoms with Crippen molar-refractivity contribution in [3.8, 4) is 5.69 Å². The highest BCUT2D eigenvalue weighted by Gasteiger charge is 2.20. The first-order chi connectivity index (χ1) is 18.7. The number of sulfonamides is 1. The topological polar surface area (TPSA) is 86.0 Å². The van der Waals surface area contributed by atoms with Crippen molar-refractivity contribution in [1.82, 2.24) is 19.1 Å². The van der Waals surface area contributed by atoms with Crippen LogP contribution in [0.1, 0.15) is 24.6 Å². The molecule has 0 saturated heterocycles. The van der Waals surface area contributed by atoms with Crippen molar-refractivity contribution in [3.63, 3.8) is 0 Å². The van der Waals surface area contributed by atoms with Gasteiger partial charge >= 0.3 is 0 Å². The maximum Gasteiger partial charge on any atom is 0.264 e. The van der Waals surface area contributed by atoms with Gasteiger partial charge in [-0.2, -0.15) is 5.10 Å². The number of hydrogen-bond acceptors (Lipinski definition) is 5. The summed E-state index contributed by atoms with van der Waals surface area (Å²) in [7, 11) is -3.92. The van der Waals surface area contributed by atoms with Gasteiger partial charge < -0.3 is 4.57 Å². The lowest BCUT2D eigenvalue weighted by atomic mass is 10.1. The van der Waals surface area contributed by atoms with Gasteiger partial charge in [0, 0.05) is 38.6 Å². The molecule has 0 spiro atoms. The smallest absolute Gasteiger partial charge is 0.264 e. The third-order valence-corrected chi connectivity index (χ3v) is 9.06. The monoisotopic (exact) mass is 578 g/mol. The lowest BCUT2D eigenvalue weighted by Crippen LogP contribution is -2.31. The predicted octanol–water partition coefficient (Wildman–Crippen LogP) is 6.40. The van der Waals surface area contributed by atoms with Crippen molar-refractivity contribution in [3.05, 3.63) is 101 Å². The second-order valence-electron chi connectivity index (χ2n) is 9.14. The highest BCUT2D eigenvalue weighted by Crippen LogP contribution is 2.40. The number of amides is 1. The minimum absolute atomic E-state index is 0.0508. The fraction of sp³-hybridized carbons (Fsp3) is 0.172. The number of nitrogens with zero attached hydrogens (tertiary/aromatic N) is 3. The summed E-state index contributed by atoms with van der Waals surface area (Å²) in [6.45, 7) is 5.03. The van der Waals surface area contributed by atoms with E-state index >= 15 is 0 Å². The molecule has 3 aromatic carbocycles. The Labute approximate surface area is 236 Å². The molecule has 39 heavy (non-hydrogen) atoms. The minimum Gasteiger partial charge on any atom is -0.310 e. The van der Waals surface area contributed by atoms with Crippen LogP contribution in [0.15, 0.2) is 99.9 Å². The summed E-state index contributed by atoms with van der Waals surface area (Å²) in [5.74, 6) is -0.590. The van der Waals surface area contributed by atoms with E-state index in [0.29, 0.717) is 10.6 Å². The van der Waals surface area contributed by atoms with Crippen LogP contribution in [0.25, 0.3) is 16.6 Å². The largest absolute Gasteiger partial charge is 0.310 e. The maximum atomic E-state index is 12.6. The number of benzene rings is 3. The van der Waals surface area contributed by atoms with E-state index in [2.05, 4.69) is 28.2 Å². The van der Waals surface area contributed by atoms with Crippen LogP contribution in [0.5, 0.6) is 0 Å². The van der Waals surface area contributed by atoms with E-state index in [4.69, 9.17) is 11.6 Å². The molecule has 10 heteroatoms. The van der Waals surface area contributed by atoms with E-state index < -0.39 is 15.9 Å². The second-order valence-corrected chi connectivity index (χ2v) is 12.3. The first-order valence-electron chi connectivity index (χ1n) is 12.5. The van der Waals surface area contributed by atoms with Gasteiger partial charge in [0.05, 0.1) is 28.7 Å². The van der Waals surface area contributed by atoms with Crippen molar-refractivity contribution < 1.29 is 13.2 Å². The molecule has 0 saturated carbocycles. The Morgan fingerprint density at radius 2 is 1.85 bits per heavy atom. The molecule has 200 valence electrons. The lowest BCUT2D eigenvalue weighted by Gasteiger charge is -2.09. The third-order valence-electron chi connectivity index (χ3n) is 6.22. The molecule has 0 bridgehead atoms. The van der Waals surface area contributed by atoms with Crippen LogP contribution >= 0.6 is 23.4 Å². The summed E-state index contributed by atoms with van der Waals surface area (Å²) in [6.07, 6.45) is 4.83. The van der Waals surface area contributed by atoms with Crippen molar-refractivity contribution in [2.24, 2.45) is 0 Å². The fourth-order valence-corrected chi connectivity index (χ4v) is 6.79. The SMILES string of the molecule is CCCn1cc(-n2c(C)c(Sc3cccc(CC(=O)NS(=O)(=O)c4ccccc4)c3)c3ccc(Cl)cc32)cn1. The Bertz CT molecular complexity index is 1760. The zero-order valence-corrected chi connectivity index (χ0v) is 23.9. The summed E-state index contributed by atoms with van der Waals surface area (Å²) in [5, 5.41) is 6.21. The summed E-state index contributed by atoms with van der Waals surface area (Å²) in [4.78, 5) is 14.7. The molecule has 5 rings (SSSR count). The molecule has 0 aliphatic rings. The molecule has 1 N–H and O–H groups in total. The molecule has 0 aliphatic carbocycles. The number of aromatic nitrogens is 3. The number of nitrogens with one attached hydrogen (secondary N) is 1. The molecule has 7 nitrogen and oxygen atoms in total. The Morgan fingerprint density at radius 1 is 1.05 bits per heavy atom. The Kier molecular flexibility index (Phi) is 7.83. The average Bonchev–Trinajstić information content (AvgIpc) is 3.46. The molecular weight excluding hydrogens is 552 g/mol. The van der Waals surface area contributed by atoms with Crippen LogP contribution in [0.3, 0.4) is 0 Å². The molecule has 0 aliphatic heterocycles. The van der Waals surface area contributed by atoms with Gasteiger partial charge in [0.2, 0.25) is 5.91 Å². The van der Waals surface area contributed by atoms with Gasteiger partial charge in [-0.25, -0.2) is 13.1 Å². The molecule has 0 fully saturated rings. The van der Waals surface area contributed by atoms with Gasteiger partial charge in [0.25, 0.3) is 10.0 Å². The molecule has 2 heterocycles. The summed E-state index contributed by atoms with van der Waals surface area (Å²) >= 11 is 7.98. The van der Waals surface area contributed by atoms with Crippen molar-refractivity contribution >= 4 is 50.2 Å². The predicted molar refractivity (Wildman–Crippen MR) is 155 cm³/mol. The first kappa shape index (κ1) is 27.1. The molecular formula is C29H27ClN4O3S2. The first-order valence-corrected chi connectivity index (χ1v) is 15.1. The summed E-state index contributed by atoms with van der Waals surface area (Å²) in [5.41, 5.74) is 3.71. The van der Waals surface area contributed by atoms with Gasteiger partial charge in [-0.15, -0.1) is 0 Å². The van der Waals surface area contributed by atoms with Crippen LogP contribution in [-0.4, -0.2) is 28.7 Å². The number of carbonyl (C=O) groups is 1. The van der Waals surface area contributed by atoms with Gasteiger partial charge in [-0.05, 0) is 55.3 Å². The Hall–Kier alpha value is -3.53. The lowest BCUT2D eigenvalue weighted by molar-refractivity contribution is -0.118. The van der Waals surface area contributed by atoms with Gasteiger partial charge in [-0.3, -0.25) is 9.48 Å². The Balaban J connectivity index is 1.41. The molecule has 1 amide bonds. The van der Waals surface area contributed by atoms with E-state index in [1.807, 2.05) is 59.5 Å². The molecule has 2 aromatic heterocycles. The quantitative estimate of drug-likeness (QED) is 0.219. The highest BCUT2D eigenvalue weighted by molar-refractivity contribution is 7.99. The van der Waals surface area contributed by atoms with Gasteiger partial charge in [-0.1, -0.05) is 66.7 Å². The van der Waals surface area contributed by atoms with Crippen LogP contribution in [-0.2, 0) is 27.8 Å². The highest BCUT2D eigenvalue weighted by atomic mass is 35.5. The third kappa shape index (κ3) is 5.90. The second kappa shape index (κ2) is 11.3. The van der Waals surface area contributed by atoms with Crippen molar-refractivity contribution in [2.45, 2.75) is 47.9 Å². The Morgan fingerprint density at radius 3 is 2.62 bits per heavy atom. The van der Waals surface area contributed by atoms with Gasteiger partial charge in [0.1, 0.15) is 0 Å². The number of carbonyl (C=O) groups excluding carboxylic acids is 1. The van der Waals surface area contributed by atoms with Crippen LogP contribution < -0.4 is 4.72 Å². The zero-order chi connectivity index (χ0) is 27.6. The summed E-state index contributed by atoms with van der Waals surface area (Å²) in [6, 6.07) is 21.3. The number of aryl methyl sites for hydroxylation is 1. The van der Waals surface area contributed by atoms with Gasteiger partial charge in [0.15, 0.2) is 0 Å². The number of rotatable bonds is 9. The molecule has 0 atom stereocenters. The van der Waals surface area contributed by atoms with Crippen LogP contribution in [0, 0.1) is 6.92 Å². The van der Waals surface area contributed by atoms with E-state index in [1.54, 1.807) is 30.0 Å². The molecule has 5 aromatic rings. The standard InChI is InChI=1S/C29H27ClN4O3S2/c1-3-14-33-19-23(18-31-33)34-20(2)29(26-13-12-22(30)17-27(26)34)38-24-9-7-8-21(15-24)16-28(35)32-39(36,37)25-10-5-4-6-11-25/h4-13,15,17-19H,3,14,16H2,1-2H3,(H,32,35). The van der Waals surface area contributed by atoms with Crippen LogP contribution in [0.4, 0.5) is 0 Å². The van der Waals surface area contributed by atoms with Crippen molar-refractivity contribution in [1.29, 1.82) is 0 Å². The average molecular weight is 579 g/mol. The van der Waals surface area contributed by atoms with E-state index in [0.717, 1.165) is 45.0 Å². The zero-order valence-electron chi connectivity index (χ0n) is 21.5. The minimum atomic E-state index is -3.92. The van der Waals surface area contributed by atoms with Crippen LogP contribution in [0.2, 0.25) is 5.02 Å². The normalized spacial score (nSPS) is 11.7. The van der Waals surface area contributed by atoms with E-state index in [-0.39, 0.29) is 11.3 Å². The maximum absolute atomic E-state index is 12.6.